The monoisotopic (exact) mass is 466 g/mol. The van der Waals surface area contributed by atoms with Gasteiger partial charge in [-0.2, -0.15) is 0 Å². The van der Waals surface area contributed by atoms with E-state index in [9.17, 15) is 0 Å². The molecule has 0 amide bonds. The van der Waals surface area contributed by atoms with Crippen molar-refractivity contribution < 1.29 is 0 Å². The normalized spacial score (nSPS) is 22.0. The van der Waals surface area contributed by atoms with Gasteiger partial charge in [-0.3, -0.25) is 9.80 Å². The molecule has 7 bridgehead atoms. The first-order chi connectivity index (χ1) is 17.2. The summed E-state index contributed by atoms with van der Waals surface area (Å²) in [6, 6.07) is 22.2. The predicted octanol–water partition coefficient (Wildman–Crippen LogP) is 4.35. The molecule has 1 saturated heterocycles. The molecular weight excluding hydrogens is 432 g/mol. The van der Waals surface area contributed by atoms with Gasteiger partial charge in [0.2, 0.25) is 0 Å². The lowest BCUT2D eigenvalue weighted by atomic mass is 10.0. The molecule has 1 aromatic heterocycles. The van der Waals surface area contributed by atoms with Crippen LogP contribution >= 0.6 is 0 Å². The number of rotatable bonds is 0. The average Bonchev–Trinajstić information content (AvgIpc) is 2.87. The Labute approximate surface area is 207 Å². The summed E-state index contributed by atoms with van der Waals surface area (Å²) in [6.07, 6.45) is 1.06. The molecule has 0 spiro atoms. The molecule has 6 heteroatoms. The lowest BCUT2D eigenvalue weighted by molar-refractivity contribution is 0.120. The maximum absolute atomic E-state index is 4.96. The van der Waals surface area contributed by atoms with Crippen molar-refractivity contribution in [2.45, 2.75) is 26.1 Å². The highest BCUT2D eigenvalue weighted by atomic mass is 15.3. The Morgan fingerprint density at radius 3 is 2.23 bits per heavy atom. The highest BCUT2D eigenvalue weighted by Crippen LogP contribution is 2.23. The first-order valence-corrected chi connectivity index (χ1v) is 12.8. The van der Waals surface area contributed by atoms with E-state index in [0.29, 0.717) is 0 Å². The molecule has 1 fully saturated rings. The minimum Gasteiger partial charge on any atom is -0.369 e. The third-order valence-electron chi connectivity index (χ3n) is 7.32. The van der Waals surface area contributed by atoms with E-state index in [-0.39, 0.29) is 0 Å². The molecule has 0 aliphatic carbocycles. The smallest absolute Gasteiger partial charge is 0.145 e. The van der Waals surface area contributed by atoms with Gasteiger partial charge >= 0.3 is 0 Å². The van der Waals surface area contributed by atoms with Crippen LogP contribution in [0.4, 0.5) is 5.82 Å². The van der Waals surface area contributed by atoms with Crippen molar-refractivity contribution in [3.63, 3.8) is 0 Å². The molecule has 4 aromatic rings. The van der Waals surface area contributed by atoms with Crippen molar-refractivity contribution in [2.24, 2.45) is 0 Å². The molecule has 3 aliphatic rings. The molecule has 6 nitrogen and oxygen atoms in total. The third kappa shape index (κ3) is 5.15. The van der Waals surface area contributed by atoms with Crippen LogP contribution in [0.1, 0.15) is 23.4 Å². The SMILES string of the molecule is CN1CCCNc2nc(nc3ccccc23)CN2CCN(CC2)Cc2ccc3ccc(cc3c2)C1. The molecule has 3 aromatic carbocycles. The van der Waals surface area contributed by atoms with Crippen LogP contribution in [0.15, 0.2) is 60.7 Å². The van der Waals surface area contributed by atoms with Crippen molar-refractivity contribution in [1.82, 2.24) is 24.7 Å². The zero-order valence-corrected chi connectivity index (χ0v) is 20.6. The van der Waals surface area contributed by atoms with Crippen molar-refractivity contribution in [2.75, 3.05) is 51.6 Å². The van der Waals surface area contributed by atoms with Crippen LogP contribution in [0.2, 0.25) is 0 Å². The van der Waals surface area contributed by atoms with E-state index in [1.54, 1.807) is 0 Å². The maximum atomic E-state index is 4.96. The largest absolute Gasteiger partial charge is 0.369 e. The summed E-state index contributed by atoms with van der Waals surface area (Å²) >= 11 is 0. The van der Waals surface area contributed by atoms with E-state index in [2.05, 4.69) is 87.7 Å². The van der Waals surface area contributed by atoms with Gasteiger partial charge in [-0.1, -0.05) is 36.4 Å². The second-order valence-corrected chi connectivity index (χ2v) is 10.1. The number of para-hydroxylation sites is 1. The molecule has 7 rings (SSSR count). The summed E-state index contributed by atoms with van der Waals surface area (Å²) in [5, 5.41) is 7.40. The van der Waals surface area contributed by atoms with Crippen molar-refractivity contribution in [3.8, 4) is 0 Å². The lowest BCUT2D eigenvalue weighted by Gasteiger charge is -2.34. The van der Waals surface area contributed by atoms with Gasteiger partial charge in [-0.05, 0) is 66.2 Å². The molecule has 0 unspecified atom stereocenters. The third-order valence-corrected chi connectivity index (χ3v) is 7.32. The molecule has 0 saturated carbocycles. The Kier molecular flexibility index (Phi) is 6.34. The number of nitrogens with zero attached hydrogens (tertiary/aromatic N) is 5. The lowest BCUT2D eigenvalue weighted by Crippen LogP contribution is -2.45. The van der Waals surface area contributed by atoms with Gasteiger partial charge in [-0.15, -0.1) is 0 Å². The fraction of sp³-hybridized carbons (Fsp3) is 0.379. The van der Waals surface area contributed by atoms with Gasteiger partial charge in [0.25, 0.3) is 0 Å². The summed E-state index contributed by atoms with van der Waals surface area (Å²) in [4.78, 5) is 17.3. The molecule has 1 N–H and O–H groups in total. The van der Waals surface area contributed by atoms with Gasteiger partial charge < -0.3 is 10.2 Å². The predicted molar refractivity (Wildman–Crippen MR) is 143 cm³/mol. The molecule has 0 radical (unpaired) electrons. The fourth-order valence-electron chi connectivity index (χ4n) is 5.38. The highest BCUT2D eigenvalue weighted by Gasteiger charge is 2.19. The quantitative estimate of drug-likeness (QED) is 0.416. The summed E-state index contributed by atoms with van der Waals surface area (Å²) in [5.74, 6) is 1.88. The second kappa shape index (κ2) is 9.90. The van der Waals surface area contributed by atoms with E-state index in [1.807, 2.05) is 0 Å². The van der Waals surface area contributed by atoms with Crippen LogP contribution in [0.3, 0.4) is 0 Å². The van der Waals surface area contributed by atoms with Crippen LogP contribution in [0, 0.1) is 0 Å². The van der Waals surface area contributed by atoms with Crippen LogP contribution in [-0.2, 0) is 19.6 Å². The van der Waals surface area contributed by atoms with Gasteiger partial charge in [0.05, 0.1) is 12.1 Å². The Hall–Kier alpha value is -3.06. The summed E-state index contributed by atoms with van der Waals surface area (Å²) in [6.45, 7) is 8.93. The molecule has 0 atom stereocenters. The van der Waals surface area contributed by atoms with Gasteiger partial charge in [0.15, 0.2) is 0 Å². The Bertz CT molecular complexity index is 1330. The van der Waals surface area contributed by atoms with E-state index < -0.39 is 0 Å². The van der Waals surface area contributed by atoms with Crippen molar-refractivity contribution in [3.05, 3.63) is 77.6 Å². The van der Waals surface area contributed by atoms with E-state index >= 15 is 0 Å². The molecule has 35 heavy (non-hydrogen) atoms. The van der Waals surface area contributed by atoms with Crippen molar-refractivity contribution in [1.29, 1.82) is 0 Å². The van der Waals surface area contributed by atoms with Crippen LogP contribution in [0.5, 0.6) is 0 Å². The number of anilines is 1. The van der Waals surface area contributed by atoms with Crippen molar-refractivity contribution >= 4 is 27.5 Å². The van der Waals surface area contributed by atoms with Crippen LogP contribution in [-0.4, -0.2) is 71.0 Å². The highest BCUT2D eigenvalue weighted by molar-refractivity contribution is 5.89. The Morgan fingerprint density at radius 2 is 1.43 bits per heavy atom. The molecule has 4 heterocycles. The van der Waals surface area contributed by atoms with E-state index in [1.165, 1.54) is 21.9 Å². The number of hydrogen-bond donors (Lipinski definition) is 1. The number of benzene rings is 3. The van der Waals surface area contributed by atoms with Crippen LogP contribution < -0.4 is 5.32 Å². The second-order valence-electron chi connectivity index (χ2n) is 10.1. The number of aromatic nitrogens is 2. The zero-order chi connectivity index (χ0) is 23.6. The Morgan fingerprint density at radius 1 is 0.714 bits per heavy atom. The maximum Gasteiger partial charge on any atom is 0.145 e. The van der Waals surface area contributed by atoms with Gasteiger partial charge in [0, 0.05) is 51.2 Å². The first kappa shape index (κ1) is 22.4. The minimum atomic E-state index is 0.800. The number of piperazine rings is 1. The molecule has 180 valence electrons. The van der Waals surface area contributed by atoms with Crippen LogP contribution in [0.25, 0.3) is 21.7 Å². The Balaban J connectivity index is 1.28. The average molecular weight is 467 g/mol. The number of nitrogens with one attached hydrogen (secondary N) is 1. The fourth-order valence-corrected chi connectivity index (χ4v) is 5.38. The van der Waals surface area contributed by atoms with Gasteiger partial charge in [0.1, 0.15) is 11.6 Å². The zero-order valence-electron chi connectivity index (χ0n) is 20.6. The summed E-state index contributed by atoms with van der Waals surface area (Å²) in [5.41, 5.74) is 3.80. The number of fused-ring (bicyclic) bond motifs is 8. The molecule has 3 aliphatic heterocycles. The van der Waals surface area contributed by atoms with Gasteiger partial charge in [-0.25, -0.2) is 9.97 Å². The first-order valence-electron chi connectivity index (χ1n) is 12.8. The summed E-state index contributed by atoms with van der Waals surface area (Å²) in [7, 11) is 2.21. The minimum absolute atomic E-state index is 0.800. The molecular formula is C29H34N6. The summed E-state index contributed by atoms with van der Waals surface area (Å²) < 4.78 is 0. The van der Waals surface area contributed by atoms with E-state index in [4.69, 9.17) is 9.97 Å². The topological polar surface area (TPSA) is 47.5 Å². The standard InChI is InChI=1S/C29H34N6/c1-33-12-4-11-30-29-26-5-2-3-6-27(26)31-28(32-29)21-35-15-13-34(14-16-35)20-23-8-10-24-9-7-22(19-33)17-25(24)18-23/h2-3,5-10,17-18H,4,11-16,19-21H2,1H3,(H,30,31,32). The van der Waals surface area contributed by atoms with E-state index in [0.717, 1.165) is 87.9 Å². The number of hydrogen-bond acceptors (Lipinski definition) is 6.